The van der Waals surface area contributed by atoms with Crippen molar-refractivity contribution in [3.8, 4) is 0 Å². The molecule has 150 valence electrons. The highest BCUT2D eigenvalue weighted by atomic mass is 16.3. The molecule has 2 aliphatic rings. The van der Waals surface area contributed by atoms with Crippen LogP contribution in [0, 0.1) is 13.8 Å². The summed E-state index contributed by atoms with van der Waals surface area (Å²) in [7, 11) is 0. The number of aryl methyl sites for hydroxylation is 2. The molecule has 0 spiro atoms. The molecule has 2 aliphatic heterocycles. The van der Waals surface area contributed by atoms with Crippen molar-refractivity contribution in [2.75, 3.05) is 13.1 Å². The molecule has 2 aromatic heterocycles. The highest BCUT2D eigenvalue weighted by Crippen LogP contribution is 2.32. The minimum Gasteiger partial charge on any atom is -0.466 e. The Bertz CT molecular complexity index is 900. The number of hydrogen-bond donors (Lipinski definition) is 0. The number of nitrogens with zero attached hydrogens (tertiary/aromatic N) is 5. The van der Waals surface area contributed by atoms with Gasteiger partial charge in [0, 0.05) is 26.1 Å². The van der Waals surface area contributed by atoms with Gasteiger partial charge in [0.2, 0.25) is 5.91 Å². The third kappa shape index (κ3) is 3.21. The topological polar surface area (TPSA) is 84.5 Å². The van der Waals surface area contributed by atoms with Gasteiger partial charge in [0.1, 0.15) is 11.5 Å². The number of rotatable bonds is 3. The Morgan fingerprint density at radius 1 is 1.18 bits per heavy atom. The minimum absolute atomic E-state index is 0.0107. The molecule has 8 nitrogen and oxygen atoms in total. The highest BCUT2D eigenvalue weighted by Gasteiger charge is 2.34. The fourth-order valence-corrected chi connectivity index (χ4v) is 4.32. The SMILES string of the molecule is CCC(=O)N1CCCCC1c1nnc2n1CCN(C(=O)c1cc(C)oc1C)C2. The molecule has 4 heterocycles. The molecule has 0 aromatic carbocycles. The third-order valence-corrected chi connectivity index (χ3v) is 5.76. The number of likely N-dealkylation sites (tertiary alicyclic amines) is 1. The van der Waals surface area contributed by atoms with Crippen molar-refractivity contribution in [3.05, 3.63) is 34.8 Å². The van der Waals surface area contributed by atoms with E-state index in [0.717, 1.165) is 43.2 Å². The number of piperidine rings is 1. The predicted molar refractivity (Wildman–Crippen MR) is 102 cm³/mol. The van der Waals surface area contributed by atoms with Gasteiger partial charge < -0.3 is 18.8 Å². The lowest BCUT2D eigenvalue weighted by atomic mass is 10.0. The van der Waals surface area contributed by atoms with E-state index in [9.17, 15) is 9.59 Å². The third-order valence-electron chi connectivity index (χ3n) is 5.76. The maximum Gasteiger partial charge on any atom is 0.257 e. The van der Waals surface area contributed by atoms with Crippen LogP contribution in [0.3, 0.4) is 0 Å². The van der Waals surface area contributed by atoms with Gasteiger partial charge in [-0.1, -0.05) is 6.92 Å². The summed E-state index contributed by atoms with van der Waals surface area (Å²) in [6.07, 6.45) is 3.54. The quantitative estimate of drug-likeness (QED) is 0.811. The molecule has 4 rings (SSSR count). The highest BCUT2D eigenvalue weighted by molar-refractivity contribution is 5.95. The molecule has 0 saturated carbocycles. The summed E-state index contributed by atoms with van der Waals surface area (Å²) < 4.78 is 7.61. The summed E-state index contributed by atoms with van der Waals surface area (Å²) in [5.74, 6) is 3.15. The van der Waals surface area contributed by atoms with Gasteiger partial charge in [-0.15, -0.1) is 10.2 Å². The van der Waals surface area contributed by atoms with Crippen molar-refractivity contribution in [3.63, 3.8) is 0 Å². The molecular formula is C20H27N5O3. The van der Waals surface area contributed by atoms with Crippen molar-refractivity contribution in [1.29, 1.82) is 0 Å². The molecule has 8 heteroatoms. The number of amides is 2. The molecule has 1 atom stereocenters. The fraction of sp³-hybridized carbons (Fsp3) is 0.600. The number of carbonyl (C=O) groups is 2. The van der Waals surface area contributed by atoms with Crippen molar-refractivity contribution in [2.45, 2.75) is 65.6 Å². The van der Waals surface area contributed by atoms with Crippen LogP contribution in [0.15, 0.2) is 10.5 Å². The second kappa shape index (κ2) is 7.41. The van der Waals surface area contributed by atoms with E-state index in [4.69, 9.17) is 4.42 Å². The van der Waals surface area contributed by atoms with Crippen LogP contribution in [0.2, 0.25) is 0 Å². The van der Waals surface area contributed by atoms with Crippen LogP contribution in [-0.4, -0.2) is 49.5 Å². The first-order valence-corrected chi connectivity index (χ1v) is 10.1. The summed E-state index contributed by atoms with van der Waals surface area (Å²) in [6, 6.07) is 1.78. The van der Waals surface area contributed by atoms with Gasteiger partial charge in [-0.25, -0.2) is 0 Å². The molecule has 0 bridgehead atoms. The van der Waals surface area contributed by atoms with Crippen LogP contribution in [0.1, 0.15) is 72.2 Å². The van der Waals surface area contributed by atoms with E-state index in [1.165, 1.54) is 0 Å². The van der Waals surface area contributed by atoms with Crippen molar-refractivity contribution >= 4 is 11.8 Å². The lowest BCUT2D eigenvalue weighted by Crippen LogP contribution is -2.42. The van der Waals surface area contributed by atoms with Crippen LogP contribution in [0.25, 0.3) is 0 Å². The maximum atomic E-state index is 12.9. The zero-order valence-corrected chi connectivity index (χ0v) is 16.8. The predicted octanol–water partition coefficient (Wildman–Crippen LogP) is 2.61. The fourth-order valence-electron chi connectivity index (χ4n) is 4.32. The first-order valence-electron chi connectivity index (χ1n) is 10.1. The molecule has 0 N–H and O–H groups in total. The van der Waals surface area contributed by atoms with Crippen molar-refractivity contribution < 1.29 is 14.0 Å². The Kier molecular flexibility index (Phi) is 4.95. The number of carbonyl (C=O) groups excluding carboxylic acids is 2. The lowest BCUT2D eigenvalue weighted by Gasteiger charge is -2.36. The Balaban J connectivity index is 1.55. The Labute approximate surface area is 164 Å². The number of aromatic nitrogens is 3. The molecule has 2 aromatic rings. The second-order valence-corrected chi connectivity index (χ2v) is 7.63. The molecule has 2 amide bonds. The minimum atomic E-state index is -0.0365. The van der Waals surface area contributed by atoms with Crippen LogP contribution < -0.4 is 0 Å². The van der Waals surface area contributed by atoms with Gasteiger partial charge >= 0.3 is 0 Å². The number of hydrogen-bond acceptors (Lipinski definition) is 5. The van der Waals surface area contributed by atoms with Gasteiger partial charge in [-0.3, -0.25) is 9.59 Å². The first kappa shape index (κ1) is 18.7. The summed E-state index contributed by atoms with van der Waals surface area (Å²) in [5.41, 5.74) is 0.609. The summed E-state index contributed by atoms with van der Waals surface area (Å²) >= 11 is 0. The van der Waals surface area contributed by atoms with E-state index in [0.29, 0.717) is 37.4 Å². The molecule has 1 saturated heterocycles. The zero-order chi connectivity index (χ0) is 19.8. The van der Waals surface area contributed by atoms with E-state index in [-0.39, 0.29) is 17.9 Å². The smallest absolute Gasteiger partial charge is 0.257 e. The Morgan fingerprint density at radius 2 is 2.00 bits per heavy atom. The van der Waals surface area contributed by atoms with Crippen molar-refractivity contribution in [2.24, 2.45) is 0 Å². The van der Waals surface area contributed by atoms with Crippen molar-refractivity contribution in [1.82, 2.24) is 24.6 Å². The standard InChI is InChI=1S/C20H27N5O3/c1-4-18(26)24-8-6-5-7-16(24)19-22-21-17-12-23(9-10-25(17)19)20(27)15-11-13(2)28-14(15)3/h11,16H,4-10,12H2,1-3H3. The number of fused-ring (bicyclic) bond motifs is 1. The molecule has 1 unspecified atom stereocenters. The normalized spacial score (nSPS) is 19.6. The van der Waals surface area contributed by atoms with E-state index < -0.39 is 0 Å². The summed E-state index contributed by atoms with van der Waals surface area (Å²) in [4.78, 5) is 29.0. The van der Waals surface area contributed by atoms with Gasteiger partial charge in [0.25, 0.3) is 5.91 Å². The second-order valence-electron chi connectivity index (χ2n) is 7.63. The molecule has 0 aliphatic carbocycles. The van der Waals surface area contributed by atoms with E-state index in [1.54, 1.807) is 11.0 Å². The first-order chi connectivity index (χ1) is 13.5. The van der Waals surface area contributed by atoms with Gasteiger partial charge in [-0.05, 0) is 39.2 Å². The largest absolute Gasteiger partial charge is 0.466 e. The molecule has 0 radical (unpaired) electrons. The van der Waals surface area contributed by atoms with Gasteiger partial charge in [0.15, 0.2) is 11.6 Å². The van der Waals surface area contributed by atoms with E-state index in [2.05, 4.69) is 14.8 Å². The average Bonchev–Trinajstić information content (AvgIpc) is 3.28. The van der Waals surface area contributed by atoms with Gasteiger partial charge in [-0.2, -0.15) is 0 Å². The molecule has 1 fully saturated rings. The monoisotopic (exact) mass is 385 g/mol. The van der Waals surface area contributed by atoms with Crippen LogP contribution in [0.5, 0.6) is 0 Å². The zero-order valence-electron chi connectivity index (χ0n) is 16.8. The molecular weight excluding hydrogens is 358 g/mol. The number of furan rings is 1. The Morgan fingerprint density at radius 3 is 2.71 bits per heavy atom. The van der Waals surface area contributed by atoms with E-state index >= 15 is 0 Å². The Hall–Kier alpha value is -2.64. The average molecular weight is 385 g/mol. The maximum absolute atomic E-state index is 12.9. The molecule has 28 heavy (non-hydrogen) atoms. The van der Waals surface area contributed by atoms with Gasteiger partial charge in [0.05, 0.1) is 18.2 Å². The lowest BCUT2D eigenvalue weighted by molar-refractivity contribution is -0.135. The summed E-state index contributed by atoms with van der Waals surface area (Å²) in [5, 5.41) is 8.80. The van der Waals surface area contributed by atoms with Crippen LogP contribution in [-0.2, 0) is 17.9 Å². The summed E-state index contributed by atoms with van der Waals surface area (Å²) in [6.45, 7) is 7.99. The van der Waals surface area contributed by atoms with E-state index in [1.807, 2.05) is 25.7 Å². The van der Waals surface area contributed by atoms with Crippen LogP contribution >= 0.6 is 0 Å². The van der Waals surface area contributed by atoms with Crippen LogP contribution in [0.4, 0.5) is 0 Å².